The van der Waals surface area contributed by atoms with Crippen molar-refractivity contribution in [2.75, 3.05) is 5.32 Å². The summed E-state index contributed by atoms with van der Waals surface area (Å²) in [5.74, 6) is -1.85. The molecule has 0 heterocycles. The normalized spacial score (nSPS) is 11.5. The molecule has 0 spiro atoms. The van der Waals surface area contributed by atoms with E-state index in [-0.39, 0.29) is 40.7 Å². The SMILES string of the molecule is CC(=Cc1ccc(C(F)(F)F)cc1)C(=O)Nc1ccc(Cl)cc1C(=O)O.[LiH]. The first-order valence-corrected chi connectivity index (χ1v) is 7.65. The molecule has 0 fully saturated rings. The van der Waals surface area contributed by atoms with Crippen molar-refractivity contribution in [3.63, 3.8) is 0 Å². The van der Waals surface area contributed by atoms with E-state index in [1.165, 1.54) is 43.3 Å². The summed E-state index contributed by atoms with van der Waals surface area (Å²) >= 11 is 5.74. The monoisotopic (exact) mass is 391 g/mol. The van der Waals surface area contributed by atoms with Gasteiger partial charge in [0.15, 0.2) is 0 Å². The number of carboxylic acids is 1. The number of carbonyl (C=O) groups excluding carboxylic acids is 1. The molecule has 2 aromatic rings. The standard InChI is InChI=1S/C18H13ClF3NO3.Li.H/c1-10(8-11-2-4-12(5-3-11)18(20,21)22)16(24)23-15-7-6-13(19)9-14(15)17(25)26;;/h2-9H,1H3,(H,23,24)(H,25,26);;. The molecule has 4 nitrogen and oxygen atoms in total. The van der Waals surface area contributed by atoms with Gasteiger partial charge in [0.05, 0.1) is 16.8 Å². The molecule has 2 rings (SSSR count). The molecule has 0 bridgehead atoms. The van der Waals surface area contributed by atoms with E-state index in [1.54, 1.807) is 0 Å². The second kappa shape index (κ2) is 9.13. The number of halogens is 4. The van der Waals surface area contributed by atoms with Gasteiger partial charge in [0, 0.05) is 10.6 Å². The van der Waals surface area contributed by atoms with Crippen LogP contribution >= 0.6 is 11.6 Å². The molecule has 0 saturated carbocycles. The third-order valence-corrected chi connectivity index (χ3v) is 3.67. The van der Waals surface area contributed by atoms with Crippen LogP contribution < -0.4 is 5.32 Å². The van der Waals surface area contributed by atoms with Gasteiger partial charge < -0.3 is 10.4 Å². The Bertz CT molecular complexity index is 880. The molecule has 1 amide bonds. The molecule has 0 saturated heterocycles. The van der Waals surface area contributed by atoms with Crippen LogP contribution in [0.1, 0.15) is 28.4 Å². The van der Waals surface area contributed by atoms with E-state index in [4.69, 9.17) is 16.7 Å². The van der Waals surface area contributed by atoms with Gasteiger partial charge in [0.1, 0.15) is 0 Å². The number of carboxylic acid groups (broad SMARTS) is 1. The number of hydrogen-bond acceptors (Lipinski definition) is 2. The molecule has 27 heavy (non-hydrogen) atoms. The number of alkyl halides is 3. The Kier molecular flexibility index (Phi) is 7.73. The maximum absolute atomic E-state index is 12.5. The van der Waals surface area contributed by atoms with E-state index in [9.17, 15) is 22.8 Å². The Hall–Kier alpha value is -2.20. The van der Waals surface area contributed by atoms with Gasteiger partial charge in [-0.1, -0.05) is 23.7 Å². The van der Waals surface area contributed by atoms with Crippen molar-refractivity contribution < 1.29 is 27.9 Å². The fraction of sp³-hybridized carbons (Fsp3) is 0.111. The maximum atomic E-state index is 12.5. The molecule has 0 unspecified atom stereocenters. The fourth-order valence-corrected chi connectivity index (χ4v) is 2.28. The van der Waals surface area contributed by atoms with Crippen molar-refractivity contribution in [3.8, 4) is 0 Å². The van der Waals surface area contributed by atoms with Gasteiger partial charge in [-0.3, -0.25) is 4.79 Å². The molecule has 9 heteroatoms. The Morgan fingerprint density at radius 1 is 1.11 bits per heavy atom. The van der Waals surface area contributed by atoms with Gasteiger partial charge in [0.2, 0.25) is 0 Å². The van der Waals surface area contributed by atoms with Crippen molar-refractivity contribution in [3.05, 3.63) is 69.8 Å². The van der Waals surface area contributed by atoms with Crippen LogP contribution in [-0.2, 0) is 11.0 Å². The minimum atomic E-state index is -4.43. The van der Waals surface area contributed by atoms with Crippen LogP contribution in [0.4, 0.5) is 18.9 Å². The van der Waals surface area contributed by atoms with Crippen LogP contribution in [0.3, 0.4) is 0 Å². The number of rotatable bonds is 4. The van der Waals surface area contributed by atoms with Gasteiger partial charge >= 0.3 is 31.0 Å². The number of amides is 1. The number of aromatic carboxylic acids is 1. The Morgan fingerprint density at radius 3 is 2.22 bits per heavy atom. The molecule has 0 atom stereocenters. The van der Waals surface area contributed by atoms with Crippen molar-refractivity contribution in [2.45, 2.75) is 13.1 Å². The second-order valence-electron chi connectivity index (χ2n) is 5.40. The Labute approximate surface area is 170 Å². The summed E-state index contributed by atoms with van der Waals surface area (Å²) in [6.07, 6.45) is -3.04. The Morgan fingerprint density at radius 2 is 1.70 bits per heavy atom. The molecule has 2 aromatic carbocycles. The molecule has 0 aliphatic heterocycles. The first-order valence-electron chi connectivity index (χ1n) is 7.27. The summed E-state index contributed by atoms with van der Waals surface area (Å²) in [4.78, 5) is 23.4. The zero-order valence-corrected chi connectivity index (χ0v) is 14.2. The van der Waals surface area contributed by atoms with Gasteiger partial charge in [-0.15, -0.1) is 0 Å². The van der Waals surface area contributed by atoms with Crippen LogP contribution in [-0.4, -0.2) is 35.8 Å². The summed E-state index contributed by atoms with van der Waals surface area (Å²) in [5, 5.41) is 11.8. The van der Waals surface area contributed by atoms with Crippen molar-refractivity contribution in [1.29, 1.82) is 0 Å². The number of carbonyl (C=O) groups is 2. The summed E-state index contributed by atoms with van der Waals surface area (Å²) in [6, 6.07) is 8.30. The molecule has 2 N–H and O–H groups in total. The third-order valence-electron chi connectivity index (χ3n) is 3.44. The molecular weight excluding hydrogens is 378 g/mol. The quantitative estimate of drug-likeness (QED) is 0.597. The topological polar surface area (TPSA) is 66.4 Å². The molecule has 0 aliphatic carbocycles. The van der Waals surface area contributed by atoms with E-state index in [0.29, 0.717) is 5.56 Å². The van der Waals surface area contributed by atoms with E-state index < -0.39 is 23.6 Å². The average molecular weight is 392 g/mol. The second-order valence-corrected chi connectivity index (χ2v) is 5.83. The van der Waals surface area contributed by atoms with Crippen LogP contribution in [0.25, 0.3) is 6.08 Å². The number of benzene rings is 2. The molecular formula is C18H14ClF3LiNO3. The minimum absolute atomic E-state index is 0. The summed E-state index contributed by atoms with van der Waals surface area (Å²) < 4.78 is 37.6. The first-order chi connectivity index (χ1) is 12.1. The summed E-state index contributed by atoms with van der Waals surface area (Å²) in [6.45, 7) is 1.46. The summed E-state index contributed by atoms with van der Waals surface area (Å²) in [5.41, 5.74) is -0.305. The Balaban J connectivity index is 0.00000364. The van der Waals surface area contributed by atoms with Crippen LogP contribution in [0.15, 0.2) is 48.0 Å². The molecule has 0 radical (unpaired) electrons. The van der Waals surface area contributed by atoms with Gasteiger partial charge in [-0.25, -0.2) is 4.79 Å². The van der Waals surface area contributed by atoms with Gasteiger partial charge in [0.25, 0.3) is 5.91 Å². The average Bonchev–Trinajstić information content (AvgIpc) is 2.55. The fourth-order valence-electron chi connectivity index (χ4n) is 2.11. The van der Waals surface area contributed by atoms with E-state index in [0.717, 1.165) is 12.1 Å². The number of anilines is 1. The first kappa shape index (κ1) is 22.8. The van der Waals surface area contributed by atoms with Crippen LogP contribution in [0, 0.1) is 0 Å². The molecule has 0 aliphatic rings. The van der Waals surface area contributed by atoms with Crippen LogP contribution in [0.5, 0.6) is 0 Å². The van der Waals surface area contributed by atoms with Gasteiger partial charge in [-0.2, -0.15) is 13.2 Å². The predicted molar refractivity (Wildman–Crippen MR) is 99.3 cm³/mol. The zero-order chi connectivity index (χ0) is 19.5. The molecule has 138 valence electrons. The molecule has 0 aromatic heterocycles. The van der Waals surface area contributed by atoms with Crippen molar-refractivity contribution in [2.24, 2.45) is 0 Å². The number of nitrogens with one attached hydrogen (secondary N) is 1. The number of hydrogen-bond donors (Lipinski definition) is 2. The van der Waals surface area contributed by atoms with Crippen molar-refractivity contribution in [1.82, 2.24) is 0 Å². The van der Waals surface area contributed by atoms with E-state index in [1.807, 2.05) is 0 Å². The van der Waals surface area contributed by atoms with Gasteiger partial charge in [-0.05, 0) is 48.9 Å². The van der Waals surface area contributed by atoms with E-state index in [2.05, 4.69) is 5.32 Å². The third kappa shape index (κ3) is 6.17. The summed E-state index contributed by atoms with van der Waals surface area (Å²) in [7, 11) is 0. The van der Waals surface area contributed by atoms with Crippen LogP contribution in [0.2, 0.25) is 5.02 Å². The van der Waals surface area contributed by atoms with Crippen molar-refractivity contribution >= 4 is 54.1 Å². The predicted octanol–water partition coefficient (Wildman–Crippen LogP) is 4.45. The zero-order valence-electron chi connectivity index (χ0n) is 13.4. The van der Waals surface area contributed by atoms with E-state index >= 15 is 0 Å².